The van der Waals surface area contributed by atoms with Crippen molar-refractivity contribution >= 4 is 31.9 Å². The molecular weight excluding hydrogens is 346 g/mol. The molecule has 1 aromatic carbocycles. The van der Waals surface area contributed by atoms with Crippen LogP contribution in [0, 0.1) is 5.92 Å². The van der Waals surface area contributed by atoms with E-state index in [2.05, 4.69) is 63.2 Å². The molecule has 1 aromatic rings. The molecule has 1 rings (SSSR count). The number of alkyl halides is 1. The Balaban J connectivity index is 2.60. The lowest BCUT2D eigenvalue weighted by Gasteiger charge is -2.20. The Bertz CT molecular complexity index is 355. The minimum atomic E-state index is 0.496. The van der Waals surface area contributed by atoms with Gasteiger partial charge >= 0.3 is 0 Å². The summed E-state index contributed by atoms with van der Waals surface area (Å²) in [7, 11) is 1.68. The highest BCUT2D eigenvalue weighted by Gasteiger charge is 2.11. The highest BCUT2D eigenvalue weighted by Crippen LogP contribution is 2.25. The van der Waals surface area contributed by atoms with Crippen molar-refractivity contribution in [1.82, 2.24) is 5.32 Å². The second kappa shape index (κ2) is 7.39. The average molecular weight is 365 g/mol. The molecule has 0 bridgehead atoms. The summed E-state index contributed by atoms with van der Waals surface area (Å²) in [6, 6.07) is 6.66. The van der Waals surface area contributed by atoms with Crippen LogP contribution >= 0.6 is 31.9 Å². The van der Waals surface area contributed by atoms with Crippen molar-refractivity contribution in [2.24, 2.45) is 5.92 Å². The van der Waals surface area contributed by atoms with Crippen molar-refractivity contribution in [3.8, 4) is 5.75 Å². The zero-order chi connectivity index (χ0) is 12.8. The highest BCUT2D eigenvalue weighted by atomic mass is 79.9. The van der Waals surface area contributed by atoms with E-state index in [0.717, 1.165) is 22.1 Å². The third-order valence-corrected chi connectivity index (χ3v) is 4.07. The Labute approximate surface area is 120 Å². The predicted molar refractivity (Wildman–Crippen MR) is 80.0 cm³/mol. The molecular formula is C13H19Br2NO. The lowest BCUT2D eigenvalue weighted by atomic mass is 10.1. The standard InChI is InChI=1S/C13H19Br2NO/c1-9(2)12(7-14)16-8-10-4-5-13(17-3)11(15)6-10/h4-6,9,12,16H,7-8H2,1-3H3. The van der Waals surface area contributed by atoms with Crippen molar-refractivity contribution < 1.29 is 4.74 Å². The molecule has 0 amide bonds. The first kappa shape index (κ1) is 15.0. The van der Waals surface area contributed by atoms with Gasteiger partial charge in [0.1, 0.15) is 5.75 Å². The predicted octanol–water partition coefficient (Wildman–Crippen LogP) is 3.97. The summed E-state index contributed by atoms with van der Waals surface area (Å²) in [6.45, 7) is 5.32. The van der Waals surface area contributed by atoms with Gasteiger partial charge in [-0.3, -0.25) is 0 Å². The van der Waals surface area contributed by atoms with Crippen LogP contribution < -0.4 is 10.1 Å². The Morgan fingerprint density at radius 1 is 1.35 bits per heavy atom. The minimum Gasteiger partial charge on any atom is -0.496 e. The van der Waals surface area contributed by atoms with Crippen molar-refractivity contribution in [3.05, 3.63) is 28.2 Å². The van der Waals surface area contributed by atoms with Gasteiger partial charge < -0.3 is 10.1 Å². The Hall–Kier alpha value is -0.0600. The molecule has 0 aliphatic carbocycles. The first-order valence-electron chi connectivity index (χ1n) is 5.70. The molecule has 0 saturated carbocycles. The zero-order valence-electron chi connectivity index (χ0n) is 10.5. The fourth-order valence-electron chi connectivity index (χ4n) is 1.54. The van der Waals surface area contributed by atoms with E-state index in [1.165, 1.54) is 5.56 Å². The molecule has 1 unspecified atom stereocenters. The molecule has 17 heavy (non-hydrogen) atoms. The van der Waals surface area contributed by atoms with E-state index < -0.39 is 0 Å². The summed E-state index contributed by atoms with van der Waals surface area (Å²) in [4.78, 5) is 0. The average Bonchev–Trinajstić information content (AvgIpc) is 2.29. The van der Waals surface area contributed by atoms with Gasteiger partial charge in [0.05, 0.1) is 11.6 Å². The van der Waals surface area contributed by atoms with E-state index in [9.17, 15) is 0 Å². The summed E-state index contributed by atoms with van der Waals surface area (Å²) in [6.07, 6.45) is 0. The SMILES string of the molecule is COc1ccc(CNC(CBr)C(C)C)cc1Br. The van der Waals surface area contributed by atoms with Crippen LogP contribution in [0.1, 0.15) is 19.4 Å². The Morgan fingerprint density at radius 2 is 2.06 bits per heavy atom. The van der Waals surface area contributed by atoms with Crippen molar-refractivity contribution in [1.29, 1.82) is 0 Å². The molecule has 0 aromatic heterocycles. The molecule has 0 aliphatic rings. The molecule has 0 heterocycles. The van der Waals surface area contributed by atoms with Gasteiger partial charge in [-0.1, -0.05) is 35.8 Å². The van der Waals surface area contributed by atoms with Gasteiger partial charge in [0, 0.05) is 17.9 Å². The van der Waals surface area contributed by atoms with Gasteiger partial charge in [-0.25, -0.2) is 0 Å². The van der Waals surface area contributed by atoms with Crippen molar-refractivity contribution in [2.75, 3.05) is 12.4 Å². The Morgan fingerprint density at radius 3 is 2.53 bits per heavy atom. The summed E-state index contributed by atoms with van der Waals surface area (Å²) in [5, 5.41) is 4.52. The highest BCUT2D eigenvalue weighted by molar-refractivity contribution is 9.10. The molecule has 0 fully saturated rings. The second-order valence-electron chi connectivity index (χ2n) is 4.35. The fraction of sp³-hybridized carbons (Fsp3) is 0.538. The summed E-state index contributed by atoms with van der Waals surface area (Å²) in [5.41, 5.74) is 1.25. The van der Waals surface area contributed by atoms with Crippen molar-refractivity contribution in [2.45, 2.75) is 26.4 Å². The number of rotatable bonds is 6. The Kier molecular flexibility index (Phi) is 6.52. The van der Waals surface area contributed by atoms with Gasteiger partial charge in [0.2, 0.25) is 0 Å². The van der Waals surface area contributed by atoms with Crippen molar-refractivity contribution in [3.63, 3.8) is 0 Å². The van der Waals surface area contributed by atoms with E-state index in [1.807, 2.05) is 6.07 Å². The zero-order valence-corrected chi connectivity index (χ0v) is 13.6. The van der Waals surface area contributed by atoms with Gasteiger partial charge in [0.25, 0.3) is 0 Å². The number of methoxy groups -OCH3 is 1. The van der Waals surface area contributed by atoms with Crippen LogP contribution in [-0.2, 0) is 6.54 Å². The van der Waals surface area contributed by atoms with Crippen LogP contribution in [0.2, 0.25) is 0 Å². The molecule has 2 nitrogen and oxygen atoms in total. The van der Waals surface area contributed by atoms with Gasteiger partial charge in [-0.2, -0.15) is 0 Å². The second-order valence-corrected chi connectivity index (χ2v) is 5.86. The molecule has 1 atom stereocenters. The number of nitrogens with one attached hydrogen (secondary N) is 1. The monoisotopic (exact) mass is 363 g/mol. The first-order chi connectivity index (χ1) is 8.08. The summed E-state index contributed by atoms with van der Waals surface area (Å²) >= 11 is 7.03. The maximum Gasteiger partial charge on any atom is 0.133 e. The van der Waals surface area contributed by atoms with Crippen LogP contribution in [0.15, 0.2) is 22.7 Å². The molecule has 0 spiro atoms. The van der Waals surface area contributed by atoms with E-state index in [4.69, 9.17) is 4.74 Å². The number of hydrogen-bond donors (Lipinski definition) is 1. The third-order valence-electron chi connectivity index (χ3n) is 2.76. The molecule has 0 aliphatic heterocycles. The van der Waals surface area contributed by atoms with Gasteiger partial charge in [-0.15, -0.1) is 0 Å². The van der Waals surface area contributed by atoms with E-state index in [0.29, 0.717) is 12.0 Å². The third kappa shape index (κ3) is 4.60. The number of ether oxygens (including phenoxy) is 1. The lowest BCUT2D eigenvalue weighted by molar-refractivity contribution is 0.411. The number of benzene rings is 1. The van der Waals surface area contributed by atoms with Gasteiger partial charge in [0.15, 0.2) is 0 Å². The maximum absolute atomic E-state index is 5.21. The van der Waals surface area contributed by atoms with Crippen LogP contribution in [0.4, 0.5) is 0 Å². The first-order valence-corrected chi connectivity index (χ1v) is 7.61. The normalized spacial score (nSPS) is 12.8. The topological polar surface area (TPSA) is 21.3 Å². The van der Waals surface area contributed by atoms with E-state index in [1.54, 1.807) is 7.11 Å². The minimum absolute atomic E-state index is 0.496. The molecule has 0 saturated heterocycles. The largest absolute Gasteiger partial charge is 0.496 e. The lowest BCUT2D eigenvalue weighted by Crippen LogP contribution is -2.34. The number of hydrogen-bond acceptors (Lipinski definition) is 2. The van der Waals surface area contributed by atoms with E-state index in [-0.39, 0.29) is 0 Å². The quantitative estimate of drug-likeness (QED) is 0.771. The smallest absolute Gasteiger partial charge is 0.133 e. The molecule has 1 N–H and O–H groups in total. The molecule has 96 valence electrons. The van der Waals surface area contributed by atoms with E-state index >= 15 is 0 Å². The maximum atomic E-state index is 5.21. The fourth-order valence-corrected chi connectivity index (χ4v) is 3.10. The summed E-state index contributed by atoms with van der Waals surface area (Å²) in [5.74, 6) is 1.49. The molecule has 4 heteroatoms. The van der Waals surface area contributed by atoms with Crippen LogP contribution in [-0.4, -0.2) is 18.5 Å². The summed E-state index contributed by atoms with van der Waals surface area (Å²) < 4.78 is 6.21. The molecule has 0 radical (unpaired) electrons. The van der Waals surface area contributed by atoms with Crippen LogP contribution in [0.25, 0.3) is 0 Å². The van der Waals surface area contributed by atoms with Gasteiger partial charge in [-0.05, 0) is 39.5 Å². The number of halogens is 2. The van der Waals surface area contributed by atoms with Crippen LogP contribution in [0.3, 0.4) is 0 Å². The van der Waals surface area contributed by atoms with Crippen LogP contribution in [0.5, 0.6) is 5.75 Å².